The molecule has 2 N–H and O–H groups in total. The lowest BCUT2D eigenvalue weighted by molar-refractivity contribution is -0.136. The topological polar surface area (TPSA) is 84.2 Å². The Kier molecular flexibility index (Phi) is 6.33. The van der Waals surface area contributed by atoms with Crippen LogP contribution in [0.15, 0.2) is 24.3 Å². The van der Waals surface area contributed by atoms with E-state index < -0.39 is 5.97 Å². The number of carbonyl (C=O) groups excluding carboxylic acids is 1. The van der Waals surface area contributed by atoms with E-state index in [1.54, 1.807) is 0 Å². The molecule has 0 fully saturated rings. The first kappa shape index (κ1) is 18.7. The van der Waals surface area contributed by atoms with Crippen molar-refractivity contribution in [3.8, 4) is 0 Å². The van der Waals surface area contributed by atoms with E-state index in [4.69, 9.17) is 5.11 Å². The van der Waals surface area contributed by atoms with Gasteiger partial charge in [-0.05, 0) is 38.3 Å². The van der Waals surface area contributed by atoms with Crippen molar-refractivity contribution in [2.75, 3.05) is 6.54 Å². The molecule has 1 aromatic carbocycles. The fraction of sp³-hybridized carbons (Fsp3) is 0.421. The van der Waals surface area contributed by atoms with Crippen LogP contribution in [0, 0.1) is 20.8 Å². The summed E-state index contributed by atoms with van der Waals surface area (Å²) in [5.74, 6) is -1.05. The fourth-order valence-electron chi connectivity index (χ4n) is 2.75. The first-order valence-corrected chi connectivity index (χ1v) is 8.43. The molecule has 0 aliphatic heterocycles. The second-order valence-corrected chi connectivity index (χ2v) is 6.29. The minimum Gasteiger partial charge on any atom is -0.481 e. The van der Waals surface area contributed by atoms with Gasteiger partial charge in [0.15, 0.2) is 0 Å². The quantitative estimate of drug-likeness (QED) is 0.771. The summed E-state index contributed by atoms with van der Waals surface area (Å²) in [5.41, 5.74) is 5.50. The SMILES string of the molecule is Cc1ccc(Cn2nc(C)c(CCC(=O)NCCC(=O)O)c2C)cc1. The summed E-state index contributed by atoms with van der Waals surface area (Å²) in [5, 5.41) is 15.8. The Morgan fingerprint density at radius 1 is 1.12 bits per heavy atom. The van der Waals surface area contributed by atoms with Crippen LogP contribution in [0.4, 0.5) is 0 Å². The Bertz CT molecular complexity index is 748. The van der Waals surface area contributed by atoms with E-state index in [9.17, 15) is 9.59 Å². The molecule has 6 heteroatoms. The van der Waals surface area contributed by atoms with Gasteiger partial charge < -0.3 is 10.4 Å². The molecule has 0 spiro atoms. The summed E-state index contributed by atoms with van der Waals surface area (Å²) < 4.78 is 1.97. The van der Waals surface area contributed by atoms with Gasteiger partial charge in [-0.3, -0.25) is 14.3 Å². The second-order valence-electron chi connectivity index (χ2n) is 6.29. The van der Waals surface area contributed by atoms with E-state index in [1.165, 1.54) is 11.1 Å². The van der Waals surface area contributed by atoms with Crippen molar-refractivity contribution in [2.24, 2.45) is 0 Å². The highest BCUT2D eigenvalue weighted by Gasteiger charge is 2.13. The zero-order chi connectivity index (χ0) is 18.4. The van der Waals surface area contributed by atoms with E-state index in [0.717, 1.165) is 17.0 Å². The van der Waals surface area contributed by atoms with Gasteiger partial charge in [-0.25, -0.2) is 0 Å². The average Bonchev–Trinajstić information content (AvgIpc) is 2.81. The van der Waals surface area contributed by atoms with Crippen molar-refractivity contribution < 1.29 is 14.7 Å². The molecule has 1 heterocycles. The minimum absolute atomic E-state index is 0.0573. The number of hydrogen-bond donors (Lipinski definition) is 2. The molecule has 25 heavy (non-hydrogen) atoms. The van der Waals surface area contributed by atoms with Crippen LogP contribution >= 0.6 is 0 Å². The summed E-state index contributed by atoms with van der Waals surface area (Å²) >= 11 is 0. The number of carboxylic acids is 1. The van der Waals surface area contributed by atoms with E-state index in [-0.39, 0.29) is 18.9 Å². The molecule has 0 aliphatic rings. The molecule has 2 aromatic rings. The zero-order valence-corrected chi connectivity index (χ0v) is 15.0. The molecule has 0 saturated heterocycles. The van der Waals surface area contributed by atoms with Gasteiger partial charge in [-0.1, -0.05) is 29.8 Å². The highest BCUT2D eigenvalue weighted by atomic mass is 16.4. The minimum atomic E-state index is -0.913. The molecule has 0 atom stereocenters. The number of benzene rings is 1. The van der Waals surface area contributed by atoms with Gasteiger partial charge >= 0.3 is 5.97 Å². The Labute approximate surface area is 147 Å². The first-order chi connectivity index (χ1) is 11.9. The molecule has 0 aliphatic carbocycles. The third kappa shape index (κ3) is 5.45. The average molecular weight is 343 g/mol. The Balaban J connectivity index is 1.95. The highest BCUT2D eigenvalue weighted by Crippen LogP contribution is 2.17. The maximum Gasteiger partial charge on any atom is 0.305 e. The van der Waals surface area contributed by atoms with Crippen LogP contribution < -0.4 is 5.32 Å². The number of carboxylic acid groups (broad SMARTS) is 1. The maximum atomic E-state index is 11.8. The molecule has 6 nitrogen and oxygen atoms in total. The first-order valence-electron chi connectivity index (χ1n) is 8.43. The molecule has 1 aromatic heterocycles. The van der Waals surface area contributed by atoms with E-state index in [2.05, 4.69) is 41.6 Å². The van der Waals surface area contributed by atoms with Crippen LogP contribution in [0.1, 0.15) is 40.9 Å². The number of carbonyl (C=O) groups is 2. The van der Waals surface area contributed by atoms with Crippen molar-refractivity contribution in [1.82, 2.24) is 15.1 Å². The summed E-state index contributed by atoms with van der Waals surface area (Å²) in [7, 11) is 0. The number of amides is 1. The number of aromatic nitrogens is 2. The van der Waals surface area contributed by atoms with Crippen molar-refractivity contribution >= 4 is 11.9 Å². The van der Waals surface area contributed by atoms with Gasteiger partial charge in [0.25, 0.3) is 0 Å². The Morgan fingerprint density at radius 2 is 1.80 bits per heavy atom. The van der Waals surface area contributed by atoms with E-state index in [0.29, 0.717) is 19.4 Å². The number of aryl methyl sites for hydroxylation is 2. The van der Waals surface area contributed by atoms with Crippen LogP contribution in [0.5, 0.6) is 0 Å². The summed E-state index contributed by atoms with van der Waals surface area (Å²) in [4.78, 5) is 22.3. The van der Waals surface area contributed by atoms with Crippen LogP contribution in [-0.2, 0) is 22.6 Å². The van der Waals surface area contributed by atoms with Crippen molar-refractivity contribution in [2.45, 2.75) is 46.6 Å². The molecule has 1 amide bonds. The van der Waals surface area contributed by atoms with Gasteiger partial charge in [0.1, 0.15) is 0 Å². The summed E-state index contributed by atoms with van der Waals surface area (Å²) in [6.07, 6.45) is 0.875. The second kappa shape index (κ2) is 8.46. The normalized spacial score (nSPS) is 10.7. The van der Waals surface area contributed by atoms with Gasteiger partial charge in [0.05, 0.1) is 18.7 Å². The lowest BCUT2D eigenvalue weighted by Gasteiger charge is -2.07. The molecule has 0 bridgehead atoms. The molecular formula is C19H25N3O3. The summed E-state index contributed by atoms with van der Waals surface area (Å²) in [6, 6.07) is 8.37. The third-order valence-electron chi connectivity index (χ3n) is 4.25. The molecule has 0 radical (unpaired) electrons. The Hall–Kier alpha value is -2.63. The molecule has 0 saturated carbocycles. The standard InChI is InChI=1S/C19H25N3O3/c1-13-4-6-16(7-5-13)12-22-15(3)17(14(2)21-22)8-9-18(23)20-11-10-19(24)25/h4-7H,8-12H2,1-3H3,(H,20,23)(H,24,25). The largest absolute Gasteiger partial charge is 0.481 e. The monoisotopic (exact) mass is 343 g/mol. The zero-order valence-electron chi connectivity index (χ0n) is 15.0. The lowest BCUT2D eigenvalue weighted by atomic mass is 10.1. The highest BCUT2D eigenvalue weighted by molar-refractivity contribution is 5.77. The molecular weight excluding hydrogens is 318 g/mol. The number of hydrogen-bond acceptors (Lipinski definition) is 3. The maximum absolute atomic E-state index is 11.8. The van der Waals surface area contributed by atoms with Gasteiger partial charge in [0.2, 0.25) is 5.91 Å². The fourth-order valence-corrected chi connectivity index (χ4v) is 2.75. The van der Waals surface area contributed by atoms with E-state index >= 15 is 0 Å². The van der Waals surface area contributed by atoms with E-state index in [1.807, 2.05) is 18.5 Å². The Morgan fingerprint density at radius 3 is 2.44 bits per heavy atom. The predicted octanol–water partition coefficient (Wildman–Crippen LogP) is 2.38. The number of rotatable bonds is 8. The van der Waals surface area contributed by atoms with Crippen molar-refractivity contribution in [3.63, 3.8) is 0 Å². The predicted molar refractivity (Wildman–Crippen MR) is 95.6 cm³/mol. The number of nitrogens with zero attached hydrogens (tertiary/aromatic N) is 2. The van der Waals surface area contributed by atoms with Crippen LogP contribution in [-0.4, -0.2) is 33.3 Å². The summed E-state index contributed by atoms with van der Waals surface area (Å²) in [6.45, 7) is 6.91. The van der Waals surface area contributed by atoms with Gasteiger partial charge in [-0.15, -0.1) is 0 Å². The molecule has 134 valence electrons. The van der Waals surface area contributed by atoms with Crippen LogP contribution in [0.2, 0.25) is 0 Å². The number of nitrogens with one attached hydrogen (secondary N) is 1. The molecule has 0 unspecified atom stereocenters. The van der Waals surface area contributed by atoms with Gasteiger partial charge in [-0.2, -0.15) is 5.10 Å². The smallest absolute Gasteiger partial charge is 0.305 e. The number of aliphatic carboxylic acids is 1. The van der Waals surface area contributed by atoms with Crippen molar-refractivity contribution in [1.29, 1.82) is 0 Å². The van der Waals surface area contributed by atoms with Crippen LogP contribution in [0.3, 0.4) is 0 Å². The lowest BCUT2D eigenvalue weighted by Crippen LogP contribution is -2.26. The third-order valence-corrected chi connectivity index (χ3v) is 4.25. The molecule has 2 rings (SSSR count). The van der Waals surface area contributed by atoms with Crippen LogP contribution in [0.25, 0.3) is 0 Å². The van der Waals surface area contributed by atoms with Crippen molar-refractivity contribution in [3.05, 3.63) is 52.3 Å². The van der Waals surface area contributed by atoms with Gasteiger partial charge in [0, 0.05) is 18.7 Å².